The summed E-state index contributed by atoms with van der Waals surface area (Å²) >= 11 is 1.54. The van der Waals surface area contributed by atoms with Gasteiger partial charge in [-0.1, -0.05) is 0 Å². The van der Waals surface area contributed by atoms with E-state index in [1.54, 1.807) is 18.3 Å². The Labute approximate surface area is 104 Å². The first kappa shape index (κ1) is 12.1. The van der Waals surface area contributed by atoms with Crippen molar-refractivity contribution in [2.24, 2.45) is 5.92 Å². The fourth-order valence-electron chi connectivity index (χ4n) is 2.03. The van der Waals surface area contributed by atoms with Crippen molar-refractivity contribution < 1.29 is 14.3 Å². The van der Waals surface area contributed by atoms with Crippen LogP contribution in [0.25, 0.3) is 0 Å². The second-order valence-corrected chi connectivity index (χ2v) is 5.38. The van der Waals surface area contributed by atoms with Gasteiger partial charge in [-0.15, -0.1) is 11.3 Å². The van der Waals surface area contributed by atoms with Crippen molar-refractivity contribution in [3.05, 3.63) is 16.5 Å². The second kappa shape index (κ2) is 4.49. The summed E-state index contributed by atoms with van der Waals surface area (Å²) in [6, 6.07) is 1.61. The molecular formula is C12H15NO3S. The van der Waals surface area contributed by atoms with Crippen molar-refractivity contribution in [2.45, 2.75) is 26.8 Å². The molecule has 1 aromatic heterocycles. The Morgan fingerprint density at radius 3 is 2.94 bits per heavy atom. The standard InChI is InChI=1S/C12H15NO3S/c1-4-16-12(15)9-7(3)13-11-8(10(9)14)5-6(2)17-11/h5,7,9,13H,4H2,1-3H3. The average molecular weight is 253 g/mol. The van der Waals surface area contributed by atoms with Crippen LogP contribution in [0.3, 0.4) is 0 Å². The normalized spacial score (nSPS) is 22.9. The van der Waals surface area contributed by atoms with Crippen LogP contribution in [-0.4, -0.2) is 24.4 Å². The number of nitrogens with one attached hydrogen (secondary N) is 1. The number of hydrogen-bond donors (Lipinski definition) is 1. The molecule has 0 radical (unpaired) electrons. The lowest BCUT2D eigenvalue weighted by molar-refractivity contribution is -0.146. The Morgan fingerprint density at radius 1 is 1.59 bits per heavy atom. The molecule has 2 rings (SSSR count). The molecule has 4 nitrogen and oxygen atoms in total. The van der Waals surface area contributed by atoms with Crippen LogP contribution in [-0.2, 0) is 9.53 Å². The smallest absolute Gasteiger partial charge is 0.318 e. The minimum Gasteiger partial charge on any atom is -0.465 e. The van der Waals surface area contributed by atoms with Gasteiger partial charge in [0.05, 0.1) is 17.2 Å². The van der Waals surface area contributed by atoms with E-state index < -0.39 is 11.9 Å². The lowest BCUT2D eigenvalue weighted by atomic mass is 9.89. The molecule has 1 aliphatic heterocycles. The van der Waals surface area contributed by atoms with Gasteiger partial charge in [-0.05, 0) is 26.8 Å². The number of rotatable bonds is 2. The zero-order valence-corrected chi connectivity index (χ0v) is 10.9. The van der Waals surface area contributed by atoms with E-state index in [1.165, 1.54) is 0 Å². The average Bonchev–Trinajstić information content (AvgIpc) is 2.59. The van der Waals surface area contributed by atoms with Gasteiger partial charge < -0.3 is 10.1 Å². The number of thiophene rings is 1. The van der Waals surface area contributed by atoms with Gasteiger partial charge in [0.2, 0.25) is 0 Å². The Hall–Kier alpha value is -1.36. The molecule has 1 aliphatic rings. The third kappa shape index (κ3) is 2.07. The largest absolute Gasteiger partial charge is 0.465 e. The number of carbonyl (C=O) groups excluding carboxylic acids is 2. The molecule has 0 saturated heterocycles. The Morgan fingerprint density at radius 2 is 2.29 bits per heavy atom. The third-order valence-electron chi connectivity index (χ3n) is 2.80. The molecule has 0 saturated carbocycles. The first-order valence-electron chi connectivity index (χ1n) is 5.62. The monoisotopic (exact) mass is 253 g/mol. The van der Waals surface area contributed by atoms with E-state index >= 15 is 0 Å². The molecule has 5 heteroatoms. The number of carbonyl (C=O) groups is 2. The van der Waals surface area contributed by atoms with Gasteiger partial charge in [0.1, 0.15) is 5.92 Å². The Bertz CT molecular complexity index is 466. The molecule has 2 atom stereocenters. The molecule has 0 spiro atoms. The van der Waals surface area contributed by atoms with Crippen LogP contribution in [0.15, 0.2) is 6.07 Å². The van der Waals surface area contributed by atoms with Crippen LogP contribution in [0.5, 0.6) is 0 Å². The third-order valence-corrected chi connectivity index (χ3v) is 3.78. The highest BCUT2D eigenvalue weighted by molar-refractivity contribution is 7.16. The van der Waals surface area contributed by atoms with Crippen molar-refractivity contribution in [3.63, 3.8) is 0 Å². The van der Waals surface area contributed by atoms with Crippen LogP contribution >= 0.6 is 11.3 Å². The summed E-state index contributed by atoms with van der Waals surface area (Å²) in [6.07, 6.45) is 0. The van der Waals surface area contributed by atoms with Crippen LogP contribution in [0, 0.1) is 12.8 Å². The summed E-state index contributed by atoms with van der Waals surface area (Å²) in [5, 5.41) is 4.06. The van der Waals surface area contributed by atoms with E-state index in [0.29, 0.717) is 12.2 Å². The first-order chi connectivity index (χ1) is 8.04. The molecular weight excluding hydrogens is 238 g/mol. The molecule has 0 aromatic carbocycles. The summed E-state index contributed by atoms with van der Waals surface area (Å²) in [5.41, 5.74) is 0.614. The summed E-state index contributed by atoms with van der Waals surface area (Å²) in [5.74, 6) is -1.29. The fraction of sp³-hybridized carbons (Fsp3) is 0.500. The number of ether oxygens (including phenoxy) is 1. The van der Waals surface area contributed by atoms with Crippen molar-refractivity contribution in [1.82, 2.24) is 0 Å². The molecule has 17 heavy (non-hydrogen) atoms. The number of ketones is 1. The molecule has 0 aliphatic carbocycles. The first-order valence-corrected chi connectivity index (χ1v) is 6.44. The number of anilines is 1. The van der Waals surface area contributed by atoms with Gasteiger partial charge in [-0.2, -0.15) is 0 Å². The number of esters is 1. The highest BCUT2D eigenvalue weighted by Crippen LogP contribution is 2.35. The summed E-state index contributed by atoms with van der Waals surface area (Å²) < 4.78 is 4.95. The Kier molecular flexibility index (Phi) is 3.19. The molecule has 92 valence electrons. The topological polar surface area (TPSA) is 55.4 Å². The summed E-state index contributed by atoms with van der Waals surface area (Å²) in [6.45, 7) is 5.81. The SMILES string of the molecule is CCOC(=O)C1C(=O)c2cc(C)sc2NC1C. The van der Waals surface area contributed by atoms with E-state index in [2.05, 4.69) is 5.32 Å². The molecule has 2 unspecified atom stereocenters. The van der Waals surface area contributed by atoms with Gasteiger partial charge in [0.15, 0.2) is 5.78 Å². The summed E-state index contributed by atoms with van der Waals surface area (Å²) in [7, 11) is 0. The molecule has 1 aromatic rings. The van der Waals surface area contributed by atoms with E-state index in [0.717, 1.165) is 9.88 Å². The number of fused-ring (bicyclic) bond motifs is 1. The van der Waals surface area contributed by atoms with Crippen molar-refractivity contribution >= 4 is 28.1 Å². The van der Waals surface area contributed by atoms with Crippen LogP contribution in [0.4, 0.5) is 5.00 Å². The maximum Gasteiger partial charge on any atom is 0.318 e. The Balaban J connectivity index is 2.32. The van der Waals surface area contributed by atoms with Crippen molar-refractivity contribution in [2.75, 3.05) is 11.9 Å². The van der Waals surface area contributed by atoms with Crippen molar-refractivity contribution in [3.8, 4) is 0 Å². The number of hydrogen-bond acceptors (Lipinski definition) is 5. The van der Waals surface area contributed by atoms with Gasteiger partial charge in [0.25, 0.3) is 0 Å². The van der Waals surface area contributed by atoms with E-state index in [9.17, 15) is 9.59 Å². The number of Topliss-reactive ketones (excluding diaryl/α,β-unsaturated/α-hetero) is 1. The minimum absolute atomic E-state index is 0.131. The van der Waals surface area contributed by atoms with E-state index in [1.807, 2.05) is 19.9 Å². The quantitative estimate of drug-likeness (QED) is 0.648. The van der Waals surface area contributed by atoms with Gasteiger partial charge in [-0.25, -0.2) is 0 Å². The molecule has 0 amide bonds. The van der Waals surface area contributed by atoms with Crippen LogP contribution in [0.2, 0.25) is 0 Å². The van der Waals surface area contributed by atoms with Crippen LogP contribution in [0.1, 0.15) is 29.1 Å². The fourth-order valence-corrected chi connectivity index (χ4v) is 3.05. The highest BCUT2D eigenvalue weighted by Gasteiger charge is 2.39. The number of aryl methyl sites for hydroxylation is 1. The van der Waals surface area contributed by atoms with E-state index in [-0.39, 0.29) is 11.8 Å². The van der Waals surface area contributed by atoms with Crippen molar-refractivity contribution in [1.29, 1.82) is 0 Å². The predicted octanol–water partition coefficient (Wildman–Crippen LogP) is 2.23. The molecule has 2 heterocycles. The highest BCUT2D eigenvalue weighted by atomic mass is 32.1. The minimum atomic E-state index is -0.726. The van der Waals surface area contributed by atoms with Gasteiger partial charge in [0, 0.05) is 10.9 Å². The van der Waals surface area contributed by atoms with Gasteiger partial charge in [-0.3, -0.25) is 9.59 Å². The van der Waals surface area contributed by atoms with Crippen LogP contribution < -0.4 is 5.32 Å². The predicted molar refractivity (Wildman–Crippen MR) is 66.6 cm³/mol. The maximum absolute atomic E-state index is 12.2. The lowest BCUT2D eigenvalue weighted by Crippen LogP contribution is -2.42. The zero-order chi connectivity index (χ0) is 12.6. The summed E-state index contributed by atoms with van der Waals surface area (Å²) in [4.78, 5) is 25.0. The second-order valence-electron chi connectivity index (χ2n) is 4.13. The van der Waals surface area contributed by atoms with E-state index in [4.69, 9.17) is 4.74 Å². The zero-order valence-electron chi connectivity index (χ0n) is 10.1. The molecule has 0 bridgehead atoms. The molecule has 0 fully saturated rings. The maximum atomic E-state index is 12.2. The van der Waals surface area contributed by atoms with Gasteiger partial charge >= 0.3 is 5.97 Å². The molecule has 1 N–H and O–H groups in total. The lowest BCUT2D eigenvalue weighted by Gasteiger charge is -2.27.